The van der Waals surface area contributed by atoms with Crippen LogP contribution in [-0.2, 0) is 9.59 Å². The molecule has 1 aromatic carbocycles. The van der Waals surface area contributed by atoms with Crippen molar-refractivity contribution in [1.82, 2.24) is 4.90 Å². The molecule has 4 nitrogen and oxygen atoms in total. The minimum atomic E-state index is -0.209. The minimum Gasteiger partial charge on any atom is -0.333 e. The van der Waals surface area contributed by atoms with Gasteiger partial charge in [-0.3, -0.25) is 9.59 Å². The maximum atomic E-state index is 11.7. The lowest BCUT2D eigenvalue weighted by molar-refractivity contribution is -0.129. The van der Waals surface area contributed by atoms with Crippen LogP contribution in [-0.4, -0.2) is 30.3 Å². The van der Waals surface area contributed by atoms with Crippen LogP contribution in [0.25, 0.3) is 0 Å². The van der Waals surface area contributed by atoms with E-state index in [1.807, 2.05) is 32.0 Å². The maximum Gasteiger partial charge on any atom is 0.246 e. The van der Waals surface area contributed by atoms with E-state index in [-0.39, 0.29) is 18.4 Å². The van der Waals surface area contributed by atoms with Gasteiger partial charge in [-0.15, -0.1) is 0 Å². The Hall–Kier alpha value is -2.10. The van der Waals surface area contributed by atoms with E-state index in [2.05, 4.69) is 5.32 Å². The van der Waals surface area contributed by atoms with Gasteiger partial charge >= 0.3 is 0 Å². The van der Waals surface area contributed by atoms with Gasteiger partial charge in [0.25, 0.3) is 0 Å². The largest absolute Gasteiger partial charge is 0.333 e. The molecule has 0 unspecified atom stereocenters. The van der Waals surface area contributed by atoms with Crippen molar-refractivity contribution in [2.75, 3.05) is 18.9 Å². The first-order chi connectivity index (χ1) is 8.49. The van der Waals surface area contributed by atoms with E-state index in [1.165, 1.54) is 11.0 Å². The highest BCUT2D eigenvalue weighted by Gasteiger charge is 2.10. The molecule has 0 aromatic heterocycles. The first-order valence-electron chi connectivity index (χ1n) is 5.74. The van der Waals surface area contributed by atoms with E-state index >= 15 is 0 Å². The Balaban J connectivity index is 2.50. The third-order valence-corrected chi connectivity index (χ3v) is 2.23. The Kier molecular flexibility index (Phi) is 5.11. The average Bonchev–Trinajstić information content (AvgIpc) is 2.29. The number of hydrogen-bond donors (Lipinski definition) is 1. The molecule has 0 aliphatic heterocycles. The van der Waals surface area contributed by atoms with E-state index in [4.69, 9.17) is 0 Å². The second-order valence-electron chi connectivity index (χ2n) is 4.33. The number of para-hydroxylation sites is 1. The second kappa shape index (κ2) is 6.59. The first-order valence-corrected chi connectivity index (χ1v) is 5.74. The van der Waals surface area contributed by atoms with Gasteiger partial charge in [0.05, 0.1) is 6.54 Å². The van der Waals surface area contributed by atoms with Crippen LogP contribution in [0.1, 0.15) is 13.8 Å². The van der Waals surface area contributed by atoms with Crippen molar-refractivity contribution in [3.05, 3.63) is 42.0 Å². The molecule has 0 aliphatic rings. The molecule has 0 aliphatic carbocycles. The summed E-state index contributed by atoms with van der Waals surface area (Å²) in [5.41, 5.74) is 1.64. The fourth-order valence-electron chi connectivity index (χ4n) is 1.37. The highest BCUT2D eigenvalue weighted by Crippen LogP contribution is 2.04. The zero-order valence-corrected chi connectivity index (χ0v) is 10.9. The van der Waals surface area contributed by atoms with Gasteiger partial charge in [0, 0.05) is 18.8 Å². The van der Waals surface area contributed by atoms with Crippen molar-refractivity contribution in [2.45, 2.75) is 13.8 Å². The van der Waals surface area contributed by atoms with Crippen molar-refractivity contribution in [3.8, 4) is 0 Å². The molecule has 96 valence electrons. The van der Waals surface area contributed by atoms with Crippen LogP contribution in [0.2, 0.25) is 0 Å². The zero-order valence-electron chi connectivity index (χ0n) is 10.9. The standard InChI is InChI=1S/C14H18N2O2/c1-11(2)9-14(18)16(3)10-13(17)15-12-7-5-4-6-8-12/h4-9H,10H2,1-3H3,(H,15,17). The molecule has 1 aromatic rings. The summed E-state index contributed by atoms with van der Waals surface area (Å²) in [5.74, 6) is -0.377. The predicted octanol–water partition coefficient (Wildman–Crippen LogP) is 2.05. The van der Waals surface area contributed by atoms with Crippen LogP contribution >= 0.6 is 0 Å². The van der Waals surface area contributed by atoms with Gasteiger partial charge in [0.15, 0.2) is 0 Å². The average molecular weight is 246 g/mol. The number of anilines is 1. The predicted molar refractivity (Wildman–Crippen MR) is 72.1 cm³/mol. The van der Waals surface area contributed by atoms with E-state index in [1.54, 1.807) is 19.2 Å². The third-order valence-electron chi connectivity index (χ3n) is 2.23. The third kappa shape index (κ3) is 4.82. The van der Waals surface area contributed by atoms with Crippen LogP contribution in [0.4, 0.5) is 5.69 Å². The van der Waals surface area contributed by atoms with Gasteiger partial charge in [0.2, 0.25) is 11.8 Å². The summed E-state index contributed by atoms with van der Waals surface area (Å²) < 4.78 is 0. The molecular weight excluding hydrogens is 228 g/mol. The van der Waals surface area contributed by atoms with Crippen LogP contribution in [0, 0.1) is 0 Å². The second-order valence-corrected chi connectivity index (χ2v) is 4.33. The monoisotopic (exact) mass is 246 g/mol. The normalized spacial score (nSPS) is 9.50. The van der Waals surface area contributed by atoms with Crippen molar-refractivity contribution in [3.63, 3.8) is 0 Å². The van der Waals surface area contributed by atoms with Crippen LogP contribution in [0.5, 0.6) is 0 Å². The van der Waals surface area contributed by atoms with Gasteiger partial charge in [-0.1, -0.05) is 23.8 Å². The number of nitrogens with zero attached hydrogens (tertiary/aromatic N) is 1. The minimum absolute atomic E-state index is 0.0392. The molecule has 0 atom stereocenters. The molecule has 0 saturated carbocycles. The molecule has 0 saturated heterocycles. The Morgan fingerprint density at radius 1 is 1.22 bits per heavy atom. The van der Waals surface area contributed by atoms with Gasteiger partial charge in [-0.2, -0.15) is 0 Å². The van der Waals surface area contributed by atoms with Crippen molar-refractivity contribution in [1.29, 1.82) is 0 Å². The van der Waals surface area contributed by atoms with Crippen LogP contribution in [0.3, 0.4) is 0 Å². The molecule has 0 bridgehead atoms. The number of carbonyl (C=O) groups is 2. The number of likely N-dealkylation sites (N-methyl/N-ethyl adjacent to an activating group) is 1. The van der Waals surface area contributed by atoms with Gasteiger partial charge in [0.1, 0.15) is 0 Å². The van der Waals surface area contributed by atoms with E-state index in [0.29, 0.717) is 0 Å². The number of nitrogens with one attached hydrogen (secondary N) is 1. The van der Waals surface area contributed by atoms with Gasteiger partial charge in [-0.05, 0) is 26.0 Å². The van der Waals surface area contributed by atoms with E-state index in [9.17, 15) is 9.59 Å². The van der Waals surface area contributed by atoms with E-state index < -0.39 is 0 Å². The summed E-state index contributed by atoms with van der Waals surface area (Å²) in [6, 6.07) is 9.16. The van der Waals surface area contributed by atoms with Crippen molar-refractivity contribution in [2.24, 2.45) is 0 Å². The van der Waals surface area contributed by atoms with Crippen LogP contribution in [0.15, 0.2) is 42.0 Å². The summed E-state index contributed by atoms with van der Waals surface area (Å²) in [4.78, 5) is 24.7. The lowest BCUT2D eigenvalue weighted by Gasteiger charge is -2.15. The molecule has 18 heavy (non-hydrogen) atoms. The van der Waals surface area contributed by atoms with Crippen molar-refractivity contribution < 1.29 is 9.59 Å². The van der Waals surface area contributed by atoms with Crippen molar-refractivity contribution >= 4 is 17.5 Å². The number of carbonyl (C=O) groups excluding carboxylic acids is 2. The molecular formula is C14H18N2O2. The molecule has 0 heterocycles. The quantitative estimate of drug-likeness (QED) is 0.827. The molecule has 4 heteroatoms. The Morgan fingerprint density at radius 3 is 2.39 bits per heavy atom. The Labute approximate surface area is 107 Å². The number of hydrogen-bond acceptors (Lipinski definition) is 2. The summed E-state index contributed by atoms with van der Waals surface area (Å²) in [7, 11) is 1.60. The number of amides is 2. The molecule has 0 spiro atoms. The summed E-state index contributed by atoms with van der Waals surface area (Å²) in [6.45, 7) is 3.73. The van der Waals surface area contributed by atoms with E-state index in [0.717, 1.165) is 11.3 Å². The fraction of sp³-hybridized carbons (Fsp3) is 0.286. The summed E-state index contributed by atoms with van der Waals surface area (Å²) in [5, 5.41) is 2.73. The van der Waals surface area contributed by atoms with Gasteiger partial charge < -0.3 is 10.2 Å². The summed E-state index contributed by atoms with van der Waals surface area (Å²) >= 11 is 0. The molecule has 0 fully saturated rings. The lowest BCUT2D eigenvalue weighted by Crippen LogP contribution is -2.34. The smallest absolute Gasteiger partial charge is 0.246 e. The molecule has 2 amide bonds. The highest BCUT2D eigenvalue weighted by atomic mass is 16.2. The SMILES string of the molecule is CC(C)=CC(=O)N(C)CC(=O)Nc1ccccc1. The number of benzene rings is 1. The molecule has 1 N–H and O–H groups in total. The fourth-order valence-corrected chi connectivity index (χ4v) is 1.37. The maximum absolute atomic E-state index is 11.7. The summed E-state index contributed by atoms with van der Waals surface area (Å²) in [6.07, 6.45) is 1.51. The Morgan fingerprint density at radius 2 is 1.83 bits per heavy atom. The molecule has 0 radical (unpaired) electrons. The first kappa shape index (κ1) is 14.0. The van der Waals surface area contributed by atoms with Gasteiger partial charge in [-0.25, -0.2) is 0 Å². The molecule has 1 rings (SSSR count). The number of rotatable bonds is 4. The highest BCUT2D eigenvalue weighted by molar-refractivity contribution is 5.96. The van der Waals surface area contributed by atoms with Crippen LogP contribution < -0.4 is 5.32 Å². The number of allylic oxidation sites excluding steroid dienone is 1. The zero-order chi connectivity index (χ0) is 13.5. The lowest BCUT2D eigenvalue weighted by atomic mass is 10.3. The Bertz CT molecular complexity index is 448. The topological polar surface area (TPSA) is 49.4 Å².